The number of hydrogen-bond donors (Lipinski definition) is 1. The maximum absolute atomic E-state index is 13.2. The second-order valence-electron chi connectivity index (χ2n) is 10.5. The third kappa shape index (κ3) is 10.1. The van der Waals surface area contributed by atoms with Crippen molar-refractivity contribution < 1.29 is 24.0 Å². The van der Waals surface area contributed by atoms with Gasteiger partial charge in [0.25, 0.3) is 11.6 Å². The van der Waals surface area contributed by atoms with Gasteiger partial charge in [0.05, 0.1) is 11.5 Å². The molecule has 0 aromatic heterocycles. The van der Waals surface area contributed by atoms with Crippen LogP contribution in [0, 0.1) is 22.0 Å². The molecule has 0 aliphatic rings. The molecule has 0 fully saturated rings. The zero-order valence-electron chi connectivity index (χ0n) is 23.9. The van der Waals surface area contributed by atoms with Gasteiger partial charge in [0.15, 0.2) is 0 Å². The van der Waals surface area contributed by atoms with Crippen LogP contribution in [-0.2, 0) is 16.0 Å². The lowest BCUT2D eigenvalue weighted by molar-refractivity contribution is -0.385. The van der Waals surface area contributed by atoms with Gasteiger partial charge in [0.2, 0.25) is 0 Å². The molecule has 0 bridgehead atoms. The van der Waals surface area contributed by atoms with Gasteiger partial charge < -0.3 is 14.8 Å². The van der Waals surface area contributed by atoms with E-state index in [0.29, 0.717) is 25.0 Å². The Bertz CT molecular complexity index is 1400. The summed E-state index contributed by atoms with van der Waals surface area (Å²) in [6.45, 7) is 7.99. The first-order valence-corrected chi connectivity index (χ1v) is 13.7. The molecule has 0 unspecified atom stereocenters. The van der Waals surface area contributed by atoms with E-state index in [1.165, 1.54) is 18.2 Å². The van der Waals surface area contributed by atoms with E-state index in [1.54, 1.807) is 45.0 Å². The lowest BCUT2D eigenvalue weighted by atomic mass is 10.0. The van der Waals surface area contributed by atoms with E-state index >= 15 is 0 Å². The molecule has 41 heavy (non-hydrogen) atoms. The van der Waals surface area contributed by atoms with Crippen molar-refractivity contribution in [1.82, 2.24) is 5.32 Å². The van der Waals surface area contributed by atoms with Crippen molar-refractivity contribution in [3.63, 3.8) is 0 Å². The van der Waals surface area contributed by atoms with Crippen molar-refractivity contribution in [3.05, 3.63) is 105 Å². The highest BCUT2D eigenvalue weighted by Gasteiger charge is 2.27. The summed E-state index contributed by atoms with van der Waals surface area (Å²) >= 11 is 0. The predicted molar refractivity (Wildman–Crippen MR) is 158 cm³/mol. The SMILES string of the molecule is CCCCOc1ccc(C#Cc2cc(C(=O)N[C@H](CCc3ccccc3)C(=O)OC(C)(C)C)ccc2[N+](=O)[O-])cc1. The lowest BCUT2D eigenvalue weighted by Crippen LogP contribution is -2.44. The first kappa shape index (κ1) is 30.9. The van der Waals surface area contributed by atoms with Crippen molar-refractivity contribution in [2.75, 3.05) is 6.61 Å². The van der Waals surface area contributed by atoms with Crippen molar-refractivity contribution >= 4 is 17.6 Å². The summed E-state index contributed by atoms with van der Waals surface area (Å²) in [7, 11) is 0. The zero-order chi connectivity index (χ0) is 29.8. The molecular weight excluding hydrogens is 520 g/mol. The van der Waals surface area contributed by atoms with E-state index in [9.17, 15) is 19.7 Å². The van der Waals surface area contributed by atoms with Crippen LogP contribution in [0.2, 0.25) is 0 Å². The molecule has 3 aromatic carbocycles. The smallest absolute Gasteiger partial charge is 0.329 e. The highest BCUT2D eigenvalue weighted by atomic mass is 16.6. The number of nitro benzene ring substituents is 1. The number of hydrogen-bond acceptors (Lipinski definition) is 6. The van der Waals surface area contributed by atoms with Crippen molar-refractivity contribution in [1.29, 1.82) is 0 Å². The average Bonchev–Trinajstić information content (AvgIpc) is 2.94. The monoisotopic (exact) mass is 556 g/mol. The van der Waals surface area contributed by atoms with E-state index < -0.39 is 28.4 Å². The van der Waals surface area contributed by atoms with Crippen LogP contribution in [0.5, 0.6) is 5.75 Å². The Morgan fingerprint density at radius 2 is 1.71 bits per heavy atom. The standard InChI is InChI=1S/C33H36N2O6/c1-5-6-22-40-28-18-13-25(14-19-28)12-16-26-23-27(17-21-30(26)35(38)39)31(36)34-29(32(37)41-33(2,3)4)20-15-24-10-8-7-9-11-24/h7-11,13-14,17-19,21,23,29H,5-6,15,20,22H2,1-4H3,(H,34,36)/t29-/m1/s1. The first-order chi connectivity index (χ1) is 19.6. The highest BCUT2D eigenvalue weighted by Crippen LogP contribution is 2.21. The van der Waals surface area contributed by atoms with Crippen molar-refractivity contribution in [2.45, 2.75) is 65.0 Å². The number of ether oxygens (including phenoxy) is 2. The normalized spacial score (nSPS) is 11.5. The third-order valence-electron chi connectivity index (χ3n) is 5.98. The van der Waals surface area contributed by atoms with Crippen molar-refractivity contribution in [2.24, 2.45) is 0 Å². The number of amides is 1. The van der Waals surface area contributed by atoms with E-state index in [4.69, 9.17) is 9.47 Å². The number of nitro groups is 1. The molecule has 0 radical (unpaired) electrons. The number of unbranched alkanes of at least 4 members (excludes halogenated alkanes) is 1. The second kappa shape index (κ2) is 14.7. The number of esters is 1. The number of benzene rings is 3. The van der Waals surface area contributed by atoms with E-state index in [1.807, 2.05) is 30.3 Å². The van der Waals surface area contributed by atoms with Crippen LogP contribution in [0.4, 0.5) is 5.69 Å². The molecule has 3 rings (SSSR count). The number of nitrogens with zero attached hydrogens (tertiary/aromatic N) is 1. The molecule has 8 nitrogen and oxygen atoms in total. The molecular formula is C33H36N2O6. The molecule has 1 amide bonds. The lowest BCUT2D eigenvalue weighted by Gasteiger charge is -2.24. The fourth-order valence-electron chi connectivity index (χ4n) is 3.86. The van der Waals surface area contributed by atoms with Gasteiger partial charge in [-0.3, -0.25) is 14.9 Å². The fraction of sp³-hybridized carbons (Fsp3) is 0.333. The summed E-state index contributed by atoms with van der Waals surface area (Å²) in [6.07, 6.45) is 2.86. The molecule has 0 aliphatic heterocycles. The average molecular weight is 557 g/mol. The van der Waals surface area contributed by atoms with Gasteiger partial charge in [0, 0.05) is 17.2 Å². The van der Waals surface area contributed by atoms with Crippen LogP contribution >= 0.6 is 0 Å². The van der Waals surface area contributed by atoms with Crippen LogP contribution < -0.4 is 10.1 Å². The largest absolute Gasteiger partial charge is 0.494 e. The predicted octanol–water partition coefficient (Wildman–Crippen LogP) is 6.25. The quantitative estimate of drug-likeness (QED) is 0.0984. The zero-order valence-corrected chi connectivity index (χ0v) is 23.9. The van der Waals surface area contributed by atoms with E-state index in [0.717, 1.165) is 24.2 Å². The second-order valence-corrected chi connectivity index (χ2v) is 10.5. The molecule has 0 spiro atoms. The molecule has 0 aliphatic carbocycles. The molecule has 0 saturated heterocycles. The maximum atomic E-state index is 13.2. The summed E-state index contributed by atoms with van der Waals surface area (Å²) in [6, 6.07) is 19.8. The Hall–Kier alpha value is -4.64. The van der Waals surface area contributed by atoms with Crippen molar-refractivity contribution in [3.8, 4) is 17.6 Å². The Labute approximate surface area is 241 Å². The van der Waals surface area contributed by atoms with E-state index in [2.05, 4.69) is 24.1 Å². The minimum Gasteiger partial charge on any atom is -0.494 e. The van der Waals surface area contributed by atoms with Crippen LogP contribution in [0.15, 0.2) is 72.8 Å². The van der Waals surface area contributed by atoms with Gasteiger partial charge in [-0.1, -0.05) is 55.5 Å². The van der Waals surface area contributed by atoms with Crippen LogP contribution in [0.3, 0.4) is 0 Å². The summed E-state index contributed by atoms with van der Waals surface area (Å²) in [4.78, 5) is 37.3. The van der Waals surface area contributed by atoms with Gasteiger partial charge in [-0.25, -0.2) is 4.79 Å². The number of nitrogens with one attached hydrogen (secondary N) is 1. The number of carbonyl (C=O) groups excluding carboxylic acids is 2. The van der Waals surface area contributed by atoms with Gasteiger partial charge in [-0.05, 0) is 82.0 Å². The maximum Gasteiger partial charge on any atom is 0.329 e. The molecule has 214 valence electrons. The van der Waals surface area contributed by atoms with Gasteiger partial charge in [-0.15, -0.1) is 0 Å². The molecule has 8 heteroatoms. The van der Waals surface area contributed by atoms with Crippen LogP contribution in [-0.4, -0.2) is 35.0 Å². The van der Waals surface area contributed by atoms with Crippen LogP contribution in [0.1, 0.15) is 74.0 Å². The van der Waals surface area contributed by atoms with Gasteiger partial charge in [-0.2, -0.15) is 0 Å². The Kier molecular flexibility index (Phi) is 11.0. The molecule has 0 heterocycles. The summed E-state index contributed by atoms with van der Waals surface area (Å²) in [5.74, 6) is 5.37. The summed E-state index contributed by atoms with van der Waals surface area (Å²) < 4.78 is 11.2. The van der Waals surface area contributed by atoms with Gasteiger partial charge in [0.1, 0.15) is 23.0 Å². The van der Waals surface area contributed by atoms with E-state index in [-0.39, 0.29) is 16.8 Å². The summed E-state index contributed by atoms with van der Waals surface area (Å²) in [5, 5.41) is 14.4. The molecule has 1 N–H and O–H groups in total. The first-order valence-electron chi connectivity index (χ1n) is 13.7. The van der Waals surface area contributed by atoms with Crippen LogP contribution in [0.25, 0.3) is 0 Å². The Morgan fingerprint density at radius 3 is 2.34 bits per heavy atom. The molecule has 1 atom stereocenters. The number of aryl methyl sites for hydroxylation is 1. The molecule has 0 saturated carbocycles. The number of carbonyl (C=O) groups is 2. The Balaban J connectivity index is 1.81. The van der Waals surface area contributed by atoms with Gasteiger partial charge >= 0.3 is 5.97 Å². The number of rotatable bonds is 11. The Morgan fingerprint density at radius 1 is 1.00 bits per heavy atom. The third-order valence-corrected chi connectivity index (χ3v) is 5.98. The minimum absolute atomic E-state index is 0.0871. The summed E-state index contributed by atoms with van der Waals surface area (Å²) in [5.41, 5.74) is 0.938. The minimum atomic E-state index is -0.912. The fourth-order valence-corrected chi connectivity index (χ4v) is 3.86. The highest BCUT2D eigenvalue weighted by molar-refractivity contribution is 5.97. The molecule has 3 aromatic rings. The topological polar surface area (TPSA) is 108 Å².